The summed E-state index contributed by atoms with van der Waals surface area (Å²) < 4.78 is 2.08. The number of benzene rings is 2. The average Bonchev–Trinajstić information content (AvgIpc) is 3.11. The first kappa shape index (κ1) is 22.5. The molecule has 0 spiro atoms. The predicted molar refractivity (Wildman–Crippen MR) is 125 cm³/mol. The van der Waals surface area contributed by atoms with Crippen LogP contribution in [0.5, 0.6) is 0 Å². The summed E-state index contributed by atoms with van der Waals surface area (Å²) in [6.45, 7) is 4.88. The zero-order valence-electron chi connectivity index (χ0n) is 16.9. The van der Waals surface area contributed by atoms with Gasteiger partial charge in [-0.15, -0.1) is 0 Å². The summed E-state index contributed by atoms with van der Waals surface area (Å²) in [5.74, 6) is 0.477. The molecule has 1 aromatic heterocycles. The van der Waals surface area contributed by atoms with Crippen LogP contribution in [0.1, 0.15) is 32.3 Å². The SMILES string of the molecule is CCC(CC)(CNC(=O)Cn1c(-c2ccc(Cl)cc2)n[nH]c1=S)c1ccc(Cl)cc1. The predicted octanol–water partition coefficient (Wildman–Crippen LogP) is 5.79. The van der Waals surface area contributed by atoms with E-state index in [0.29, 0.717) is 27.2 Å². The van der Waals surface area contributed by atoms with Crippen LogP contribution in [0.25, 0.3) is 11.4 Å². The lowest BCUT2D eigenvalue weighted by molar-refractivity contribution is -0.122. The standard InChI is InChI=1S/C22H24Cl2N4OS/c1-3-22(4-2,16-7-11-18(24)12-8-16)14-25-19(29)13-28-20(26-27-21(28)30)15-5-9-17(23)10-6-15/h5-12H,3-4,13-14H2,1-2H3,(H,25,29)(H,27,30). The van der Waals surface area contributed by atoms with Gasteiger partial charge in [0, 0.05) is 27.6 Å². The third-order valence-electron chi connectivity index (χ3n) is 5.60. The van der Waals surface area contributed by atoms with E-state index in [1.165, 1.54) is 5.56 Å². The lowest BCUT2D eigenvalue weighted by Crippen LogP contribution is -2.41. The molecule has 2 aromatic carbocycles. The summed E-state index contributed by atoms with van der Waals surface area (Å²) in [6, 6.07) is 15.1. The van der Waals surface area contributed by atoms with Crippen LogP contribution in [0, 0.1) is 4.77 Å². The third kappa shape index (κ3) is 4.94. The van der Waals surface area contributed by atoms with Gasteiger partial charge in [-0.3, -0.25) is 14.5 Å². The largest absolute Gasteiger partial charge is 0.354 e. The highest BCUT2D eigenvalue weighted by Crippen LogP contribution is 2.32. The molecule has 0 aliphatic carbocycles. The van der Waals surface area contributed by atoms with Gasteiger partial charge in [0.25, 0.3) is 0 Å². The Labute approximate surface area is 191 Å². The number of H-pyrrole nitrogens is 1. The molecule has 3 aromatic rings. The van der Waals surface area contributed by atoms with Gasteiger partial charge in [-0.2, -0.15) is 5.10 Å². The molecule has 158 valence electrons. The third-order valence-corrected chi connectivity index (χ3v) is 6.41. The molecule has 0 saturated heterocycles. The highest BCUT2D eigenvalue weighted by molar-refractivity contribution is 7.71. The average molecular weight is 463 g/mol. The second-order valence-electron chi connectivity index (χ2n) is 7.22. The van der Waals surface area contributed by atoms with Crippen LogP contribution >= 0.6 is 35.4 Å². The van der Waals surface area contributed by atoms with Gasteiger partial charge in [-0.05, 0) is 67.0 Å². The number of halogens is 2. The van der Waals surface area contributed by atoms with Gasteiger partial charge in [-0.25, -0.2) is 0 Å². The molecule has 5 nitrogen and oxygen atoms in total. The fourth-order valence-corrected chi connectivity index (χ4v) is 4.01. The zero-order chi connectivity index (χ0) is 21.7. The number of nitrogens with zero attached hydrogens (tertiary/aromatic N) is 2. The van der Waals surface area contributed by atoms with Gasteiger partial charge in [0.2, 0.25) is 5.91 Å². The van der Waals surface area contributed by atoms with E-state index >= 15 is 0 Å². The molecule has 0 aliphatic rings. The maximum absolute atomic E-state index is 12.8. The molecule has 30 heavy (non-hydrogen) atoms. The smallest absolute Gasteiger partial charge is 0.240 e. The van der Waals surface area contributed by atoms with Gasteiger partial charge in [0.05, 0.1) is 0 Å². The van der Waals surface area contributed by atoms with Crippen molar-refractivity contribution in [2.24, 2.45) is 0 Å². The van der Waals surface area contributed by atoms with E-state index in [2.05, 4.69) is 29.4 Å². The van der Waals surface area contributed by atoms with Gasteiger partial charge in [0.1, 0.15) is 6.54 Å². The molecule has 8 heteroatoms. The Morgan fingerprint density at radius 3 is 2.20 bits per heavy atom. The number of aromatic nitrogens is 3. The van der Waals surface area contributed by atoms with Gasteiger partial charge < -0.3 is 5.32 Å². The zero-order valence-corrected chi connectivity index (χ0v) is 19.2. The minimum Gasteiger partial charge on any atom is -0.354 e. The molecule has 0 saturated carbocycles. The molecule has 0 unspecified atom stereocenters. The summed E-state index contributed by atoms with van der Waals surface area (Å²) in [5, 5.41) is 11.5. The Morgan fingerprint density at radius 2 is 1.63 bits per heavy atom. The summed E-state index contributed by atoms with van der Waals surface area (Å²) >= 11 is 17.4. The monoisotopic (exact) mass is 462 g/mol. The van der Waals surface area contributed by atoms with Crippen LogP contribution in [0.15, 0.2) is 48.5 Å². The Morgan fingerprint density at radius 1 is 1.07 bits per heavy atom. The van der Waals surface area contributed by atoms with Crippen molar-refractivity contribution >= 4 is 41.3 Å². The topological polar surface area (TPSA) is 62.7 Å². The quantitative estimate of drug-likeness (QED) is 0.416. The minimum absolute atomic E-state index is 0.0808. The minimum atomic E-state index is -0.156. The molecule has 0 atom stereocenters. The second-order valence-corrected chi connectivity index (χ2v) is 8.48. The van der Waals surface area contributed by atoms with Crippen LogP contribution in [0.4, 0.5) is 0 Å². The molecule has 0 bridgehead atoms. The van der Waals surface area contributed by atoms with Gasteiger partial charge >= 0.3 is 0 Å². The van der Waals surface area contributed by atoms with Crippen LogP contribution in [-0.2, 0) is 16.8 Å². The van der Waals surface area contributed by atoms with Crippen molar-refractivity contribution < 1.29 is 4.79 Å². The van der Waals surface area contributed by atoms with E-state index in [1.807, 2.05) is 36.4 Å². The van der Waals surface area contributed by atoms with Crippen LogP contribution in [-0.4, -0.2) is 27.2 Å². The van der Waals surface area contributed by atoms with Crippen molar-refractivity contribution in [1.29, 1.82) is 0 Å². The van der Waals surface area contributed by atoms with Gasteiger partial charge in [-0.1, -0.05) is 49.2 Å². The summed E-state index contributed by atoms with van der Waals surface area (Å²) in [6.07, 6.45) is 1.79. The van der Waals surface area contributed by atoms with E-state index in [1.54, 1.807) is 16.7 Å². The Bertz CT molecular complexity index is 1050. The molecule has 0 aliphatic heterocycles. The number of nitrogens with one attached hydrogen (secondary N) is 2. The molecule has 3 rings (SSSR count). The molecule has 2 N–H and O–H groups in total. The molecule has 0 radical (unpaired) electrons. The molecule has 1 amide bonds. The van der Waals surface area contributed by atoms with Crippen molar-refractivity contribution in [1.82, 2.24) is 20.1 Å². The van der Waals surface area contributed by atoms with E-state index in [9.17, 15) is 4.79 Å². The second kappa shape index (κ2) is 9.77. The van der Waals surface area contributed by atoms with Crippen LogP contribution < -0.4 is 5.32 Å². The number of carbonyl (C=O) groups is 1. The van der Waals surface area contributed by atoms with E-state index in [0.717, 1.165) is 18.4 Å². The maximum atomic E-state index is 12.8. The summed E-state index contributed by atoms with van der Waals surface area (Å²) in [5.41, 5.74) is 1.84. The number of amides is 1. The Hall–Kier alpha value is -2.15. The highest BCUT2D eigenvalue weighted by atomic mass is 35.5. The van der Waals surface area contributed by atoms with Crippen molar-refractivity contribution in [3.63, 3.8) is 0 Å². The number of carbonyl (C=O) groups excluding carboxylic acids is 1. The number of aromatic amines is 1. The normalized spacial score (nSPS) is 11.5. The van der Waals surface area contributed by atoms with Crippen LogP contribution in [0.3, 0.4) is 0 Å². The van der Waals surface area contributed by atoms with E-state index in [-0.39, 0.29) is 17.9 Å². The molecule has 1 heterocycles. The maximum Gasteiger partial charge on any atom is 0.240 e. The first-order valence-electron chi connectivity index (χ1n) is 9.82. The lowest BCUT2D eigenvalue weighted by Gasteiger charge is -2.32. The number of hydrogen-bond donors (Lipinski definition) is 2. The first-order valence-corrected chi connectivity index (χ1v) is 11.0. The lowest BCUT2D eigenvalue weighted by atomic mass is 9.76. The Kier molecular flexibility index (Phi) is 7.34. The highest BCUT2D eigenvalue weighted by Gasteiger charge is 2.29. The summed E-state index contributed by atoms with van der Waals surface area (Å²) in [7, 11) is 0. The first-order chi connectivity index (χ1) is 14.4. The molecular formula is C22H24Cl2N4OS. The van der Waals surface area contributed by atoms with Crippen molar-refractivity contribution in [2.45, 2.75) is 38.6 Å². The molecular weight excluding hydrogens is 439 g/mol. The van der Waals surface area contributed by atoms with Crippen molar-refractivity contribution in [3.05, 3.63) is 68.9 Å². The number of hydrogen-bond acceptors (Lipinski definition) is 3. The molecule has 0 fully saturated rings. The number of rotatable bonds is 8. The van der Waals surface area contributed by atoms with Crippen molar-refractivity contribution in [2.75, 3.05) is 6.54 Å². The fourth-order valence-electron chi connectivity index (χ4n) is 3.56. The van der Waals surface area contributed by atoms with Gasteiger partial charge in [0.15, 0.2) is 10.6 Å². The van der Waals surface area contributed by atoms with Crippen molar-refractivity contribution in [3.8, 4) is 11.4 Å². The van der Waals surface area contributed by atoms with Crippen LogP contribution in [0.2, 0.25) is 10.0 Å². The van der Waals surface area contributed by atoms with E-state index in [4.69, 9.17) is 35.4 Å². The Balaban J connectivity index is 1.75. The van der Waals surface area contributed by atoms with E-state index < -0.39 is 0 Å². The fraction of sp³-hybridized carbons (Fsp3) is 0.318. The summed E-state index contributed by atoms with van der Waals surface area (Å²) in [4.78, 5) is 12.8.